The van der Waals surface area contributed by atoms with E-state index < -0.39 is 0 Å². The lowest BCUT2D eigenvalue weighted by molar-refractivity contribution is 0.499. The van der Waals surface area contributed by atoms with Gasteiger partial charge in [-0.1, -0.05) is 49.2 Å². The zero-order chi connectivity index (χ0) is 23.7. The molecule has 5 rings (SSSR count). The molecule has 0 radical (unpaired) electrons. The molecule has 34 heavy (non-hydrogen) atoms. The summed E-state index contributed by atoms with van der Waals surface area (Å²) in [6, 6.07) is 15.0. The number of benzene rings is 2. The minimum atomic E-state index is -0.242. The SMILES string of the molecule is CC(N)Cc1nc2c(NCc3ccc(-c4cccc(F)c4)cc3)nc(N)nc2n1C1CCCC1. The maximum Gasteiger partial charge on any atom is 0.224 e. The van der Waals surface area contributed by atoms with Crippen LogP contribution in [0.15, 0.2) is 48.5 Å². The summed E-state index contributed by atoms with van der Waals surface area (Å²) >= 11 is 0. The normalized spacial score (nSPS) is 15.1. The van der Waals surface area contributed by atoms with Gasteiger partial charge in [-0.2, -0.15) is 9.97 Å². The van der Waals surface area contributed by atoms with E-state index in [0.717, 1.165) is 46.5 Å². The Morgan fingerprint density at radius 3 is 2.53 bits per heavy atom. The maximum absolute atomic E-state index is 13.6. The Bertz CT molecular complexity index is 1290. The molecule has 2 aromatic heterocycles. The average Bonchev–Trinajstić information content (AvgIpc) is 3.45. The van der Waals surface area contributed by atoms with Gasteiger partial charge in [0.15, 0.2) is 17.0 Å². The molecule has 1 saturated carbocycles. The van der Waals surface area contributed by atoms with Gasteiger partial charge in [0.05, 0.1) is 0 Å². The van der Waals surface area contributed by atoms with E-state index in [2.05, 4.69) is 19.9 Å². The van der Waals surface area contributed by atoms with Crippen LogP contribution in [-0.4, -0.2) is 25.6 Å². The molecule has 7 nitrogen and oxygen atoms in total. The molecule has 2 aromatic carbocycles. The highest BCUT2D eigenvalue weighted by molar-refractivity contribution is 5.85. The minimum absolute atomic E-state index is 0.00437. The number of hydrogen-bond acceptors (Lipinski definition) is 6. The highest BCUT2D eigenvalue weighted by Gasteiger charge is 2.25. The first kappa shape index (κ1) is 22.3. The molecule has 1 atom stereocenters. The van der Waals surface area contributed by atoms with Crippen molar-refractivity contribution < 1.29 is 4.39 Å². The van der Waals surface area contributed by atoms with E-state index >= 15 is 0 Å². The Morgan fingerprint density at radius 1 is 1.06 bits per heavy atom. The predicted octanol–water partition coefficient (Wildman–Crippen LogP) is 4.83. The number of hydrogen-bond donors (Lipinski definition) is 3. The number of nitrogen functional groups attached to an aromatic ring is 1. The van der Waals surface area contributed by atoms with Crippen LogP contribution in [0.25, 0.3) is 22.3 Å². The van der Waals surface area contributed by atoms with Crippen LogP contribution in [0, 0.1) is 5.82 Å². The predicted molar refractivity (Wildman–Crippen MR) is 134 cm³/mol. The molecule has 1 unspecified atom stereocenters. The number of fused-ring (bicyclic) bond motifs is 1. The van der Waals surface area contributed by atoms with Crippen molar-refractivity contribution in [3.63, 3.8) is 0 Å². The van der Waals surface area contributed by atoms with Crippen molar-refractivity contribution in [3.8, 4) is 11.1 Å². The number of halogens is 1. The highest BCUT2D eigenvalue weighted by Crippen LogP contribution is 2.35. The standard InChI is InChI=1S/C26H30FN7/c1-16(28)13-22-31-23-24(32-26(29)33-25(23)34(22)21-7-2-3-8-21)30-15-17-9-11-18(12-10-17)19-5-4-6-20(27)14-19/h4-6,9-12,14,16,21H,2-3,7-8,13,15,28H2,1H3,(H3,29,30,32,33). The Labute approximate surface area is 198 Å². The zero-order valence-corrected chi connectivity index (χ0v) is 19.3. The first-order chi connectivity index (χ1) is 16.5. The van der Waals surface area contributed by atoms with Gasteiger partial charge in [-0.15, -0.1) is 0 Å². The molecule has 8 heteroatoms. The fourth-order valence-electron chi connectivity index (χ4n) is 4.81. The molecule has 4 aromatic rings. The molecule has 0 saturated heterocycles. The van der Waals surface area contributed by atoms with Crippen LogP contribution >= 0.6 is 0 Å². The number of nitrogens with two attached hydrogens (primary N) is 2. The summed E-state index contributed by atoms with van der Waals surface area (Å²) in [4.78, 5) is 13.9. The first-order valence-electron chi connectivity index (χ1n) is 11.9. The molecule has 1 fully saturated rings. The maximum atomic E-state index is 13.6. The average molecular weight is 460 g/mol. The number of rotatable bonds is 7. The van der Waals surface area contributed by atoms with E-state index in [1.165, 1.54) is 25.0 Å². The fraction of sp³-hybridized carbons (Fsp3) is 0.346. The quantitative estimate of drug-likeness (QED) is 0.365. The topological polar surface area (TPSA) is 108 Å². The van der Waals surface area contributed by atoms with E-state index in [1.807, 2.05) is 37.3 Å². The van der Waals surface area contributed by atoms with Crippen molar-refractivity contribution in [1.29, 1.82) is 0 Å². The molecule has 0 aliphatic heterocycles. The minimum Gasteiger partial charge on any atom is -0.368 e. The summed E-state index contributed by atoms with van der Waals surface area (Å²) in [7, 11) is 0. The third kappa shape index (κ3) is 4.59. The van der Waals surface area contributed by atoms with Gasteiger partial charge in [-0.05, 0) is 48.6 Å². The van der Waals surface area contributed by atoms with Gasteiger partial charge in [0.1, 0.15) is 11.6 Å². The molecular weight excluding hydrogens is 429 g/mol. The Balaban J connectivity index is 1.42. The van der Waals surface area contributed by atoms with Crippen LogP contribution < -0.4 is 16.8 Å². The van der Waals surface area contributed by atoms with Crippen LogP contribution in [0.1, 0.15) is 50.0 Å². The van der Waals surface area contributed by atoms with Crippen molar-refractivity contribution in [3.05, 3.63) is 65.7 Å². The second-order valence-electron chi connectivity index (χ2n) is 9.18. The molecule has 1 aliphatic carbocycles. The van der Waals surface area contributed by atoms with Crippen molar-refractivity contribution in [2.75, 3.05) is 11.1 Å². The Kier molecular flexibility index (Phi) is 6.15. The van der Waals surface area contributed by atoms with Gasteiger partial charge >= 0.3 is 0 Å². The van der Waals surface area contributed by atoms with E-state index in [0.29, 0.717) is 24.8 Å². The molecular formula is C26H30FN7. The summed E-state index contributed by atoms with van der Waals surface area (Å²) in [5.41, 5.74) is 16.6. The van der Waals surface area contributed by atoms with Gasteiger partial charge < -0.3 is 21.4 Å². The third-order valence-corrected chi connectivity index (χ3v) is 6.40. The second-order valence-corrected chi connectivity index (χ2v) is 9.18. The number of imidazole rings is 1. The van der Waals surface area contributed by atoms with Gasteiger partial charge in [0.25, 0.3) is 0 Å². The van der Waals surface area contributed by atoms with E-state index in [1.54, 1.807) is 6.07 Å². The van der Waals surface area contributed by atoms with Crippen LogP contribution in [-0.2, 0) is 13.0 Å². The van der Waals surface area contributed by atoms with Gasteiger partial charge in [-0.3, -0.25) is 0 Å². The van der Waals surface area contributed by atoms with Crippen LogP contribution in [0.3, 0.4) is 0 Å². The molecule has 5 N–H and O–H groups in total. The molecule has 2 heterocycles. The molecule has 1 aliphatic rings. The first-order valence-corrected chi connectivity index (χ1v) is 11.9. The zero-order valence-electron chi connectivity index (χ0n) is 19.3. The van der Waals surface area contributed by atoms with Crippen LogP contribution in [0.5, 0.6) is 0 Å². The van der Waals surface area contributed by atoms with Crippen molar-refractivity contribution in [2.45, 2.75) is 57.7 Å². The molecule has 0 spiro atoms. The third-order valence-electron chi connectivity index (χ3n) is 6.40. The van der Waals surface area contributed by atoms with Gasteiger partial charge in [0, 0.05) is 25.0 Å². The van der Waals surface area contributed by atoms with Gasteiger partial charge in [0.2, 0.25) is 5.95 Å². The van der Waals surface area contributed by atoms with Crippen molar-refractivity contribution in [2.24, 2.45) is 5.73 Å². The van der Waals surface area contributed by atoms with Gasteiger partial charge in [-0.25, -0.2) is 9.37 Å². The fourth-order valence-corrected chi connectivity index (χ4v) is 4.81. The Morgan fingerprint density at radius 2 is 1.82 bits per heavy atom. The molecule has 176 valence electrons. The van der Waals surface area contributed by atoms with Crippen molar-refractivity contribution in [1.82, 2.24) is 19.5 Å². The van der Waals surface area contributed by atoms with E-state index in [9.17, 15) is 4.39 Å². The van der Waals surface area contributed by atoms with E-state index in [4.69, 9.17) is 16.5 Å². The Hall–Kier alpha value is -3.52. The number of anilines is 2. The highest BCUT2D eigenvalue weighted by atomic mass is 19.1. The number of nitrogens with zero attached hydrogens (tertiary/aromatic N) is 4. The number of nitrogens with one attached hydrogen (secondary N) is 1. The smallest absolute Gasteiger partial charge is 0.224 e. The lowest BCUT2D eigenvalue weighted by atomic mass is 10.0. The van der Waals surface area contributed by atoms with Crippen molar-refractivity contribution >= 4 is 22.9 Å². The largest absolute Gasteiger partial charge is 0.368 e. The molecule has 0 amide bonds. The second kappa shape index (κ2) is 9.38. The van der Waals surface area contributed by atoms with E-state index in [-0.39, 0.29) is 17.8 Å². The summed E-state index contributed by atoms with van der Waals surface area (Å²) in [6.45, 7) is 2.54. The lowest BCUT2D eigenvalue weighted by Gasteiger charge is -2.16. The summed E-state index contributed by atoms with van der Waals surface area (Å²) in [6.07, 6.45) is 5.32. The monoisotopic (exact) mass is 459 g/mol. The summed E-state index contributed by atoms with van der Waals surface area (Å²) in [5, 5.41) is 3.40. The van der Waals surface area contributed by atoms with Crippen LogP contribution in [0.4, 0.5) is 16.2 Å². The van der Waals surface area contributed by atoms with Crippen LogP contribution in [0.2, 0.25) is 0 Å². The number of aromatic nitrogens is 4. The summed E-state index contributed by atoms with van der Waals surface area (Å²) in [5.74, 6) is 1.55. The lowest BCUT2D eigenvalue weighted by Crippen LogP contribution is -2.21. The summed E-state index contributed by atoms with van der Waals surface area (Å²) < 4.78 is 15.8. The molecule has 0 bridgehead atoms.